The van der Waals surface area contributed by atoms with Crippen molar-refractivity contribution in [3.63, 3.8) is 0 Å². The summed E-state index contributed by atoms with van der Waals surface area (Å²) >= 11 is 0. The van der Waals surface area contributed by atoms with Crippen LogP contribution in [0.4, 0.5) is 14.6 Å². The number of aryl methyl sites for hydroxylation is 1. The van der Waals surface area contributed by atoms with Crippen LogP contribution < -0.4 is 5.32 Å². The molecule has 5 nitrogen and oxygen atoms in total. The maximum atomic E-state index is 13.5. The van der Waals surface area contributed by atoms with Crippen LogP contribution >= 0.6 is 0 Å². The molecule has 1 aliphatic heterocycles. The third-order valence-electron chi connectivity index (χ3n) is 4.16. The van der Waals surface area contributed by atoms with E-state index in [4.69, 9.17) is 4.74 Å². The Morgan fingerprint density at radius 1 is 1.42 bits per heavy atom. The van der Waals surface area contributed by atoms with E-state index >= 15 is 0 Å². The Hall–Kier alpha value is -2.44. The average Bonchev–Trinajstić information content (AvgIpc) is 2.98. The van der Waals surface area contributed by atoms with E-state index in [1.165, 1.54) is 10.9 Å². The van der Waals surface area contributed by atoms with Gasteiger partial charge in [-0.2, -0.15) is 5.10 Å². The van der Waals surface area contributed by atoms with Crippen molar-refractivity contribution in [1.29, 1.82) is 0 Å². The average molecular weight is 335 g/mol. The number of carbonyl (C=O) groups is 1. The monoisotopic (exact) mass is 335 g/mol. The smallest absolute Gasteiger partial charge is 0.343 e. The second-order valence-corrected chi connectivity index (χ2v) is 5.82. The van der Waals surface area contributed by atoms with Gasteiger partial charge in [-0.1, -0.05) is 29.8 Å². The zero-order chi connectivity index (χ0) is 17.3. The predicted octanol–water partition coefficient (Wildman–Crippen LogP) is 3.73. The first-order valence-electron chi connectivity index (χ1n) is 7.87. The fraction of sp³-hybridized carbons (Fsp3) is 0.412. The van der Waals surface area contributed by atoms with Crippen LogP contribution in [0.1, 0.15) is 46.9 Å². The van der Waals surface area contributed by atoms with Crippen molar-refractivity contribution in [2.75, 3.05) is 11.9 Å². The topological polar surface area (TPSA) is 56.1 Å². The molecule has 0 amide bonds. The second-order valence-electron chi connectivity index (χ2n) is 5.82. The lowest BCUT2D eigenvalue weighted by Crippen LogP contribution is -2.31. The Balaban J connectivity index is 1.98. The number of aromatic nitrogens is 2. The van der Waals surface area contributed by atoms with Crippen LogP contribution in [0.15, 0.2) is 30.5 Å². The zero-order valence-corrected chi connectivity index (χ0v) is 13.5. The maximum absolute atomic E-state index is 13.5. The molecular formula is C17H19F2N3O2. The summed E-state index contributed by atoms with van der Waals surface area (Å²) in [5, 5.41) is 7.15. The number of fused-ring (bicyclic) bond motifs is 1. The molecule has 0 saturated heterocycles. The highest BCUT2D eigenvalue weighted by Gasteiger charge is 2.36. The number of nitrogens with one attached hydrogen (secondary N) is 1. The van der Waals surface area contributed by atoms with Gasteiger partial charge in [-0.15, -0.1) is 0 Å². The van der Waals surface area contributed by atoms with Crippen LogP contribution in [0.2, 0.25) is 0 Å². The van der Waals surface area contributed by atoms with Gasteiger partial charge in [0.2, 0.25) is 0 Å². The van der Waals surface area contributed by atoms with E-state index in [-0.39, 0.29) is 30.5 Å². The molecule has 1 aliphatic rings. The van der Waals surface area contributed by atoms with Crippen LogP contribution in [-0.4, -0.2) is 28.8 Å². The molecule has 2 heterocycles. The van der Waals surface area contributed by atoms with E-state index in [1.54, 1.807) is 6.92 Å². The number of hydrogen-bond donors (Lipinski definition) is 1. The van der Waals surface area contributed by atoms with Gasteiger partial charge >= 0.3 is 5.97 Å². The lowest BCUT2D eigenvalue weighted by molar-refractivity contribution is 0.0521. The molecule has 128 valence electrons. The van der Waals surface area contributed by atoms with Gasteiger partial charge in [0.1, 0.15) is 17.4 Å². The molecule has 0 saturated carbocycles. The zero-order valence-electron chi connectivity index (χ0n) is 13.5. The molecule has 0 bridgehead atoms. The highest BCUT2D eigenvalue weighted by atomic mass is 19.3. The van der Waals surface area contributed by atoms with Crippen molar-refractivity contribution in [2.24, 2.45) is 0 Å². The molecule has 0 aliphatic carbocycles. The van der Waals surface area contributed by atoms with Gasteiger partial charge in [0.15, 0.2) is 0 Å². The van der Waals surface area contributed by atoms with Gasteiger partial charge in [-0.05, 0) is 25.8 Å². The van der Waals surface area contributed by atoms with E-state index in [0.29, 0.717) is 0 Å². The summed E-state index contributed by atoms with van der Waals surface area (Å²) in [6, 6.07) is 6.29. The minimum Gasteiger partial charge on any atom is -0.462 e. The Morgan fingerprint density at radius 2 is 2.12 bits per heavy atom. The van der Waals surface area contributed by atoms with Gasteiger partial charge in [0.25, 0.3) is 6.43 Å². The van der Waals surface area contributed by atoms with Gasteiger partial charge in [-0.3, -0.25) is 0 Å². The molecule has 1 aromatic heterocycles. The summed E-state index contributed by atoms with van der Waals surface area (Å²) in [5.74, 6) is -0.278. The van der Waals surface area contributed by atoms with E-state index in [0.717, 1.165) is 11.1 Å². The summed E-state index contributed by atoms with van der Waals surface area (Å²) in [6.07, 6.45) is -1.10. The first-order chi connectivity index (χ1) is 11.5. The molecular weight excluding hydrogens is 316 g/mol. The SMILES string of the molecule is CCOC(=O)c1cnn2c1N[C@H](c1ccc(C)cc1)C[C@@H]2C(F)F. The van der Waals surface area contributed by atoms with E-state index in [9.17, 15) is 13.6 Å². The minimum atomic E-state index is -2.58. The lowest BCUT2D eigenvalue weighted by atomic mass is 9.96. The quantitative estimate of drug-likeness (QED) is 0.865. The molecule has 0 unspecified atom stereocenters. The lowest BCUT2D eigenvalue weighted by Gasteiger charge is -2.32. The van der Waals surface area contributed by atoms with Crippen LogP contribution in [0, 0.1) is 6.92 Å². The van der Waals surface area contributed by atoms with Crippen LogP contribution in [0.25, 0.3) is 0 Å². The van der Waals surface area contributed by atoms with Gasteiger partial charge in [0.05, 0.1) is 18.8 Å². The van der Waals surface area contributed by atoms with E-state index in [2.05, 4.69) is 10.4 Å². The van der Waals surface area contributed by atoms with Crippen molar-refractivity contribution in [3.8, 4) is 0 Å². The molecule has 0 radical (unpaired) electrons. The molecule has 1 aromatic carbocycles. The molecule has 24 heavy (non-hydrogen) atoms. The number of ether oxygens (including phenoxy) is 1. The highest BCUT2D eigenvalue weighted by Crippen LogP contribution is 2.39. The summed E-state index contributed by atoms with van der Waals surface area (Å²) in [5.41, 5.74) is 2.17. The molecule has 3 rings (SSSR count). The Bertz CT molecular complexity index is 728. The number of anilines is 1. The van der Waals surface area contributed by atoms with Crippen LogP contribution in [0.3, 0.4) is 0 Å². The number of alkyl halides is 2. The molecule has 0 fully saturated rings. The Kier molecular flexibility index (Phi) is 4.51. The normalized spacial score (nSPS) is 19.7. The summed E-state index contributed by atoms with van der Waals surface area (Å²) in [4.78, 5) is 12.0. The number of halogens is 2. The van der Waals surface area contributed by atoms with Crippen molar-refractivity contribution in [3.05, 3.63) is 47.2 Å². The maximum Gasteiger partial charge on any atom is 0.343 e. The number of esters is 1. The van der Waals surface area contributed by atoms with Gasteiger partial charge < -0.3 is 10.1 Å². The number of benzene rings is 1. The summed E-state index contributed by atoms with van der Waals surface area (Å²) in [7, 11) is 0. The predicted molar refractivity (Wildman–Crippen MR) is 85.4 cm³/mol. The minimum absolute atomic E-state index is 0.180. The van der Waals surface area contributed by atoms with Crippen molar-refractivity contribution in [1.82, 2.24) is 9.78 Å². The molecule has 1 N–H and O–H groups in total. The summed E-state index contributed by atoms with van der Waals surface area (Å²) < 4.78 is 33.2. The fourth-order valence-corrected chi connectivity index (χ4v) is 2.91. The van der Waals surface area contributed by atoms with Crippen molar-refractivity contribution in [2.45, 2.75) is 38.8 Å². The van der Waals surface area contributed by atoms with Gasteiger partial charge in [-0.25, -0.2) is 18.3 Å². The highest BCUT2D eigenvalue weighted by molar-refractivity contribution is 5.94. The molecule has 2 atom stereocenters. The molecule has 7 heteroatoms. The molecule has 2 aromatic rings. The molecule has 0 spiro atoms. The van der Waals surface area contributed by atoms with Gasteiger partial charge in [0, 0.05) is 0 Å². The number of rotatable bonds is 4. The summed E-state index contributed by atoms with van der Waals surface area (Å²) in [6.45, 7) is 3.87. The number of nitrogens with zero attached hydrogens (tertiary/aromatic N) is 2. The largest absolute Gasteiger partial charge is 0.462 e. The van der Waals surface area contributed by atoms with Crippen LogP contribution in [0.5, 0.6) is 0 Å². The van der Waals surface area contributed by atoms with E-state index < -0.39 is 18.4 Å². The fourth-order valence-electron chi connectivity index (χ4n) is 2.91. The Labute approximate surface area is 138 Å². The van der Waals surface area contributed by atoms with E-state index in [1.807, 2.05) is 31.2 Å². The first kappa shape index (κ1) is 16.4. The van der Waals surface area contributed by atoms with Crippen molar-refractivity contribution >= 4 is 11.8 Å². The number of hydrogen-bond acceptors (Lipinski definition) is 4. The third-order valence-corrected chi connectivity index (χ3v) is 4.16. The van der Waals surface area contributed by atoms with Crippen molar-refractivity contribution < 1.29 is 18.3 Å². The third kappa shape index (κ3) is 2.98. The first-order valence-corrected chi connectivity index (χ1v) is 7.87. The second kappa shape index (κ2) is 6.59. The standard InChI is InChI=1S/C17H19F2N3O2/c1-3-24-17(23)12-9-20-22-14(15(18)19)8-13(21-16(12)22)11-6-4-10(2)5-7-11/h4-7,9,13-15,21H,3,8H2,1-2H3/t13-,14+/m0/s1. The Morgan fingerprint density at radius 3 is 2.75 bits per heavy atom. The van der Waals surface area contributed by atoms with Crippen LogP contribution in [-0.2, 0) is 4.74 Å². The number of carbonyl (C=O) groups excluding carboxylic acids is 1.